The normalized spacial score (nSPS) is 22.9. The minimum absolute atomic E-state index is 0.252. The lowest BCUT2D eigenvalue weighted by molar-refractivity contribution is -0.151. The molecule has 1 amide bonds. The molecule has 6 nitrogen and oxygen atoms in total. The molecular weight excluding hydrogens is 238 g/mol. The minimum atomic E-state index is -1.01. The van der Waals surface area contributed by atoms with Crippen LogP contribution in [0.4, 0.5) is 0 Å². The number of hydrogen-bond donors (Lipinski definition) is 2. The first kappa shape index (κ1) is 14.9. The molecule has 2 atom stereocenters. The van der Waals surface area contributed by atoms with Crippen LogP contribution in [0.5, 0.6) is 0 Å². The van der Waals surface area contributed by atoms with Crippen LogP contribution in [0.1, 0.15) is 32.6 Å². The van der Waals surface area contributed by atoms with Crippen LogP contribution in [0, 0.1) is 0 Å². The number of ether oxygens (including phenoxy) is 2. The number of carbonyl (C=O) groups is 2. The summed E-state index contributed by atoms with van der Waals surface area (Å²) in [6.07, 6.45) is 1.46. The minimum Gasteiger partial charge on any atom is -0.479 e. The van der Waals surface area contributed by atoms with E-state index in [1.54, 1.807) is 0 Å². The highest BCUT2D eigenvalue weighted by Crippen LogP contribution is 2.19. The number of aliphatic carboxylic acids is 1. The molecule has 1 aliphatic rings. The molecule has 1 fully saturated rings. The van der Waals surface area contributed by atoms with Crippen LogP contribution in [-0.2, 0) is 19.1 Å². The summed E-state index contributed by atoms with van der Waals surface area (Å²) in [7, 11) is 0. The molecule has 1 saturated heterocycles. The van der Waals surface area contributed by atoms with Crippen LogP contribution < -0.4 is 5.32 Å². The van der Waals surface area contributed by atoms with Gasteiger partial charge in [0.2, 0.25) is 5.91 Å². The molecule has 18 heavy (non-hydrogen) atoms. The van der Waals surface area contributed by atoms with Crippen LogP contribution in [0.25, 0.3) is 0 Å². The van der Waals surface area contributed by atoms with Gasteiger partial charge in [-0.05, 0) is 19.3 Å². The zero-order chi connectivity index (χ0) is 13.4. The summed E-state index contributed by atoms with van der Waals surface area (Å²) < 4.78 is 10.4. The summed E-state index contributed by atoms with van der Waals surface area (Å²) in [4.78, 5) is 22.3. The molecule has 1 rings (SSSR count). The zero-order valence-corrected chi connectivity index (χ0v) is 10.7. The lowest BCUT2D eigenvalue weighted by Crippen LogP contribution is -2.37. The van der Waals surface area contributed by atoms with Gasteiger partial charge in [-0.2, -0.15) is 0 Å². The molecule has 104 valence electrons. The Hall–Kier alpha value is -1.14. The standard InChI is InChI=1S/C12H21NO5/c1-2-3-7-17-8-6-13-11(14)9-4-5-10(18-9)12(15)16/h9-10H,2-8H2,1H3,(H,13,14)(H,15,16)/t9-,10+/m0/s1. The maximum absolute atomic E-state index is 11.6. The van der Waals surface area contributed by atoms with Crippen LogP contribution in [-0.4, -0.2) is 48.9 Å². The van der Waals surface area contributed by atoms with Gasteiger partial charge < -0.3 is 19.9 Å². The van der Waals surface area contributed by atoms with Crippen LogP contribution >= 0.6 is 0 Å². The fourth-order valence-electron chi connectivity index (χ4n) is 1.72. The molecule has 0 aliphatic carbocycles. The molecule has 1 aliphatic heterocycles. The SMILES string of the molecule is CCCCOCCNC(=O)[C@@H]1CC[C@H](C(=O)O)O1. The first-order valence-electron chi connectivity index (χ1n) is 6.39. The highest BCUT2D eigenvalue weighted by Gasteiger charge is 2.34. The lowest BCUT2D eigenvalue weighted by Gasteiger charge is -2.11. The van der Waals surface area contributed by atoms with Crippen molar-refractivity contribution in [3.8, 4) is 0 Å². The lowest BCUT2D eigenvalue weighted by atomic mass is 10.2. The Balaban J connectivity index is 2.09. The van der Waals surface area contributed by atoms with Gasteiger partial charge in [0.05, 0.1) is 6.61 Å². The maximum Gasteiger partial charge on any atom is 0.332 e. The number of rotatable bonds is 8. The van der Waals surface area contributed by atoms with E-state index in [1.807, 2.05) is 0 Å². The predicted octanol–water partition coefficient (Wildman–Crippen LogP) is 0.551. The Labute approximate surface area is 107 Å². The molecule has 0 unspecified atom stereocenters. The van der Waals surface area contributed by atoms with E-state index in [0.717, 1.165) is 12.8 Å². The fraction of sp³-hybridized carbons (Fsp3) is 0.833. The molecule has 0 aromatic heterocycles. The zero-order valence-electron chi connectivity index (χ0n) is 10.7. The van der Waals surface area contributed by atoms with E-state index in [4.69, 9.17) is 14.6 Å². The molecule has 6 heteroatoms. The second kappa shape index (κ2) is 8.05. The number of carboxylic acid groups (broad SMARTS) is 1. The molecule has 0 aromatic rings. The number of nitrogens with one attached hydrogen (secondary N) is 1. The van der Waals surface area contributed by atoms with Crippen molar-refractivity contribution in [2.75, 3.05) is 19.8 Å². The van der Waals surface area contributed by atoms with Gasteiger partial charge in [-0.15, -0.1) is 0 Å². The van der Waals surface area contributed by atoms with Gasteiger partial charge >= 0.3 is 5.97 Å². The van der Waals surface area contributed by atoms with Gasteiger partial charge in [0.25, 0.3) is 0 Å². The molecule has 0 saturated carbocycles. The molecule has 1 heterocycles. The van der Waals surface area contributed by atoms with E-state index in [1.165, 1.54) is 0 Å². The second-order valence-corrected chi connectivity index (χ2v) is 4.29. The number of amides is 1. The van der Waals surface area contributed by atoms with Crippen molar-refractivity contribution in [2.24, 2.45) is 0 Å². The maximum atomic E-state index is 11.6. The Bertz CT molecular complexity index is 282. The third kappa shape index (κ3) is 5.01. The third-order valence-electron chi connectivity index (χ3n) is 2.78. The summed E-state index contributed by atoms with van der Waals surface area (Å²) in [5.74, 6) is -1.26. The molecule has 0 bridgehead atoms. The van der Waals surface area contributed by atoms with Crippen LogP contribution in [0.3, 0.4) is 0 Å². The summed E-state index contributed by atoms with van der Waals surface area (Å²) in [6, 6.07) is 0. The van der Waals surface area contributed by atoms with E-state index >= 15 is 0 Å². The molecular formula is C12H21NO5. The Kier molecular flexibility index (Phi) is 6.67. The highest BCUT2D eigenvalue weighted by atomic mass is 16.5. The summed E-state index contributed by atoms with van der Waals surface area (Å²) >= 11 is 0. The van der Waals surface area contributed by atoms with Crippen molar-refractivity contribution in [1.82, 2.24) is 5.32 Å². The quantitative estimate of drug-likeness (QED) is 0.622. The van der Waals surface area contributed by atoms with Gasteiger partial charge in [0, 0.05) is 13.2 Å². The molecule has 0 aromatic carbocycles. The first-order chi connectivity index (χ1) is 8.65. The largest absolute Gasteiger partial charge is 0.479 e. The summed E-state index contributed by atoms with van der Waals surface area (Å²) in [5.41, 5.74) is 0. The summed E-state index contributed by atoms with van der Waals surface area (Å²) in [5, 5.41) is 11.4. The summed E-state index contributed by atoms with van der Waals surface area (Å²) in [6.45, 7) is 3.69. The Morgan fingerprint density at radius 3 is 2.67 bits per heavy atom. The molecule has 2 N–H and O–H groups in total. The van der Waals surface area contributed by atoms with E-state index in [-0.39, 0.29) is 5.91 Å². The van der Waals surface area contributed by atoms with Crippen LogP contribution in [0.2, 0.25) is 0 Å². The van der Waals surface area contributed by atoms with Gasteiger partial charge in [0.15, 0.2) is 6.10 Å². The average Bonchev–Trinajstić information content (AvgIpc) is 2.83. The number of hydrogen-bond acceptors (Lipinski definition) is 4. The van der Waals surface area contributed by atoms with E-state index < -0.39 is 18.2 Å². The molecule has 0 radical (unpaired) electrons. The molecule has 0 spiro atoms. The van der Waals surface area contributed by atoms with E-state index in [0.29, 0.717) is 32.6 Å². The van der Waals surface area contributed by atoms with Crippen molar-refractivity contribution in [1.29, 1.82) is 0 Å². The van der Waals surface area contributed by atoms with Gasteiger partial charge in [-0.3, -0.25) is 4.79 Å². The van der Waals surface area contributed by atoms with Crippen molar-refractivity contribution in [3.63, 3.8) is 0 Å². The van der Waals surface area contributed by atoms with Crippen molar-refractivity contribution in [3.05, 3.63) is 0 Å². The van der Waals surface area contributed by atoms with Crippen molar-refractivity contribution < 1.29 is 24.2 Å². The third-order valence-corrected chi connectivity index (χ3v) is 2.78. The fourth-order valence-corrected chi connectivity index (χ4v) is 1.72. The van der Waals surface area contributed by atoms with Gasteiger partial charge in [-0.25, -0.2) is 4.79 Å². The monoisotopic (exact) mass is 259 g/mol. The smallest absolute Gasteiger partial charge is 0.332 e. The van der Waals surface area contributed by atoms with E-state index in [9.17, 15) is 9.59 Å². The van der Waals surface area contributed by atoms with E-state index in [2.05, 4.69) is 12.2 Å². The Morgan fingerprint density at radius 2 is 2.06 bits per heavy atom. The second-order valence-electron chi connectivity index (χ2n) is 4.29. The predicted molar refractivity (Wildman–Crippen MR) is 64.3 cm³/mol. The number of carboxylic acids is 1. The number of carbonyl (C=O) groups excluding carboxylic acids is 1. The highest BCUT2D eigenvalue weighted by molar-refractivity contribution is 5.82. The average molecular weight is 259 g/mol. The van der Waals surface area contributed by atoms with Gasteiger partial charge in [-0.1, -0.05) is 13.3 Å². The van der Waals surface area contributed by atoms with Crippen molar-refractivity contribution >= 4 is 11.9 Å². The van der Waals surface area contributed by atoms with Crippen molar-refractivity contribution in [2.45, 2.75) is 44.8 Å². The number of unbranched alkanes of at least 4 members (excludes halogenated alkanes) is 1. The first-order valence-corrected chi connectivity index (χ1v) is 6.39. The van der Waals surface area contributed by atoms with Gasteiger partial charge in [0.1, 0.15) is 6.10 Å². The topological polar surface area (TPSA) is 84.9 Å². The van der Waals surface area contributed by atoms with Crippen LogP contribution in [0.15, 0.2) is 0 Å². The Morgan fingerprint density at radius 1 is 1.33 bits per heavy atom.